The molecule has 0 aliphatic rings. The smallest absolute Gasteiger partial charge is 0.150 e. The Labute approximate surface area is 110 Å². The number of hydrogen-bond donors (Lipinski definition) is 0. The third kappa shape index (κ3) is 3.20. The van der Waals surface area contributed by atoms with E-state index in [1.165, 1.54) is 12.1 Å². The normalized spacial score (nSPS) is 10.3. The highest BCUT2D eigenvalue weighted by atomic mass is 32.2. The fraction of sp³-hybridized carbons (Fsp3) is 0.133. The first-order valence-electron chi connectivity index (χ1n) is 5.62. The number of aldehydes is 1. The molecular formula is C15H13FOS. The molecule has 0 aliphatic carbocycles. The summed E-state index contributed by atoms with van der Waals surface area (Å²) in [5.74, 6) is 0.568. The summed E-state index contributed by atoms with van der Waals surface area (Å²) in [5.41, 5.74) is 2.74. The molecule has 0 saturated carbocycles. The van der Waals surface area contributed by atoms with Gasteiger partial charge in [0, 0.05) is 16.2 Å². The first-order chi connectivity index (χ1) is 8.69. The van der Waals surface area contributed by atoms with Crippen LogP contribution in [0.4, 0.5) is 4.39 Å². The van der Waals surface area contributed by atoms with Crippen LogP contribution in [0.15, 0.2) is 47.4 Å². The van der Waals surface area contributed by atoms with Crippen LogP contribution in [0.5, 0.6) is 0 Å². The molecule has 0 radical (unpaired) electrons. The van der Waals surface area contributed by atoms with Gasteiger partial charge in [0.1, 0.15) is 12.1 Å². The van der Waals surface area contributed by atoms with Crippen LogP contribution in [0.2, 0.25) is 0 Å². The summed E-state index contributed by atoms with van der Waals surface area (Å²) in [5, 5.41) is 0. The fourth-order valence-electron chi connectivity index (χ4n) is 1.66. The quantitative estimate of drug-likeness (QED) is 0.604. The van der Waals surface area contributed by atoms with Gasteiger partial charge in [-0.15, -0.1) is 11.8 Å². The predicted molar refractivity (Wildman–Crippen MR) is 72.5 cm³/mol. The minimum atomic E-state index is -0.204. The molecule has 0 aliphatic heterocycles. The maximum Gasteiger partial charge on any atom is 0.150 e. The summed E-state index contributed by atoms with van der Waals surface area (Å²) in [4.78, 5) is 11.7. The predicted octanol–water partition coefficient (Wildman–Crippen LogP) is 4.24. The van der Waals surface area contributed by atoms with Gasteiger partial charge in [-0.05, 0) is 42.3 Å². The van der Waals surface area contributed by atoms with Gasteiger partial charge in [-0.3, -0.25) is 4.79 Å². The molecule has 0 fully saturated rings. The number of hydrogen-bond acceptors (Lipinski definition) is 2. The molecule has 1 nitrogen and oxygen atoms in total. The Balaban J connectivity index is 2.08. The zero-order valence-corrected chi connectivity index (χ0v) is 10.8. The van der Waals surface area contributed by atoms with Gasteiger partial charge in [-0.1, -0.05) is 18.2 Å². The number of rotatable bonds is 4. The molecule has 3 heteroatoms. The Bertz CT molecular complexity index is 566. The summed E-state index contributed by atoms with van der Waals surface area (Å²) in [6.45, 7) is 1.90. The van der Waals surface area contributed by atoms with Crippen molar-refractivity contribution >= 4 is 18.0 Å². The maximum absolute atomic E-state index is 13.0. The molecule has 0 amide bonds. The summed E-state index contributed by atoms with van der Waals surface area (Å²) in [6, 6.07) is 12.3. The molecule has 0 saturated heterocycles. The summed E-state index contributed by atoms with van der Waals surface area (Å²) in [6.07, 6.45) is 0.840. The van der Waals surface area contributed by atoms with Crippen LogP contribution in [0.3, 0.4) is 0 Å². The minimum absolute atomic E-state index is 0.204. The fourth-order valence-corrected chi connectivity index (χ4v) is 2.70. The molecule has 0 N–H and O–H groups in total. The highest BCUT2D eigenvalue weighted by Gasteiger charge is 2.02. The zero-order valence-electron chi connectivity index (χ0n) is 10.0. The van der Waals surface area contributed by atoms with Gasteiger partial charge in [0.25, 0.3) is 0 Å². The van der Waals surface area contributed by atoms with Crippen LogP contribution >= 0.6 is 11.8 Å². The van der Waals surface area contributed by atoms with E-state index in [-0.39, 0.29) is 5.82 Å². The topological polar surface area (TPSA) is 17.1 Å². The second kappa shape index (κ2) is 5.83. The Hall–Kier alpha value is -1.61. The van der Waals surface area contributed by atoms with Gasteiger partial charge < -0.3 is 0 Å². The van der Waals surface area contributed by atoms with E-state index in [0.29, 0.717) is 5.56 Å². The molecule has 0 heterocycles. The lowest BCUT2D eigenvalue weighted by Gasteiger charge is -2.06. The van der Waals surface area contributed by atoms with Gasteiger partial charge in [-0.2, -0.15) is 0 Å². The van der Waals surface area contributed by atoms with E-state index in [9.17, 15) is 9.18 Å². The van der Waals surface area contributed by atoms with Crippen molar-refractivity contribution in [1.82, 2.24) is 0 Å². The van der Waals surface area contributed by atoms with E-state index in [4.69, 9.17) is 0 Å². The average molecular weight is 260 g/mol. The van der Waals surface area contributed by atoms with E-state index >= 15 is 0 Å². The number of carbonyl (C=O) groups is 1. The molecule has 0 bridgehead atoms. The molecule has 0 atom stereocenters. The number of carbonyl (C=O) groups excluding carboxylic acids is 1. The minimum Gasteiger partial charge on any atom is -0.298 e. The second-order valence-corrected chi connectivity index (χ2v) is 5.10. The largest absolute Gasteiger partial charge is 0.298 e. The summed E-state index contributed by atoms with van der Waals surface area (Å²) >= 11 is 1.64. The monoisotopic (exact) mass is 260 g/mol. The van der Waals surface area contributed by atoms with Gasteiger partial charge in [-0.25, -0.2) is 4.39 Å². The number of benzene rings is 2. The highest BCUT2D eigenvalue weighted by Crippen LogP contribution is 2.25. The van der Waals surface area contributed by atoms with Crippen LogP contribution in [0.25, 0.3) is 0 Å². The molecule has 2 aromatic rings. The van der Waals surface area contributed by atoms with Crippen LogP contribution < -0.4 is 0 Å². The third-order valence-corrected chi connectivity index (χ3v) is 3.74. The summed E-state index contributed by atoms with van der Waals surface area (Å²) < 4.78 is 13.0. The van der Waals surface area contributed by atoms with Crippen molar-refractivity contribution in [3.05, 3.63) is 65.0 Å². The molecule has 2 rings (SSSR count). The lowest BCUT2D eigenvalue weighted by atomic mass is 10.1. The second-order valence-electron chi connectivity index (χ2n) is 4.05. The SMILES string of the molecule is Cc1cc(F)ccc1CSc1cccc(C=O)c1. The molecule has 2 aromatic carbocycles. The molecule has 0 unspecified atom stereocenters. The van der Waals surface area contributed by atoms with E-state index < -0.39 is 0 Å². The lowest BCUT2D eigenvalue weighted by molar-refractivity contribution is 0.112. The van der Waals surface area contributed by atoms with Crippen molar-refractivity contribution in [2.75, 3.05) is 0 Å². The average Bonchev–Trinajstić information content (AvgIpc) is 2.38. The van der Waals surface area contributed by atoms with E-state index in [0.717, 1.165) is 28.1 Å². The van der Waals surface area contributed by atoms with Gasteiger partial charge in [0.2, 0.25) is 0 Å². The van der Waals surface area contributed by atoms with Crippen molar-refractivity contribution in [3.63, 3.8) is 0 Å². The maximum atomic E-state index is 13.0. The lowest BCUT2D eigenvalue weighted by Crippen LogP contribution is -1.88. The Morgan fingerprint density at radius 2 is 2.06 bits per heavy atom. The number of halogens is 1. The number of thioether (sulfide) groups is 1. The van der Waals surface area contributed by atoms with E-state index in [1.807, 2.05) is 25.1 Å². The van der Waals surface area contributed by atoms with Crippen LogP contribution in [-0.2, 0) is 5.75 Å². The molecule has 0 aromatic heterocycles. The first-order valence-corrected chi connectivity index (χ1v) is 6.60. The van der Waals surface area contributed by atoms with Crippen LogP contribution in [-0.4, -0.2) is 6.29 Å². The van der Waals surface area contributed by atoms with Crippen molar-refractivity contribution in [1.29, 1.82) is 0 Å². The molecule has 0 spiro atoms. The van der Waals surface area contributed by atoms with Gasteiger partial charge in [0.15, 0.2) is 0 Å². The van der Waals surface area contributed by atoms with Crippen molar-refractivity contribution in [3.8, 4) is 0 Å². The molecular weight excluding hydrogens is 247 g/mol. The third-order valence-electron chi connectivity index (χ3n) is 2.69. The van der Waals surface area contributed by atoms with Gasteiger partial charge >= 0.3 is 0 Å². The van der Waals surface area contributed by atoms with Gasteiger partial charge in [0.05, 0.1) is 0 Å². The zero-order chi connectivity index (χ0) is 13.0. The standard InChI is InChI=1S/C15H13FOS/c1-11-7-14(16)6-5-13(11)10-18-15-4-2-3-12(8-15)9-17/h2-9H,10H2,1H3. The Kier molecular flexibility index (Phi) is 4.15. The molecule has 18 heavy (non-hydrogen) atoms. The Morgan fingerprint density at radius 3 is 2.78 bits per heavy atom. The van der Waals surface area contributed by atoms with Crippen LogP contribution in [0.1, 0.15) is 21.5 Å². The van der Waals surface area contributed by atoms with Crippen molar-refractivity contribution < 1.29 is 9.18 Å². The van der Waals surface area contributed by atoms with Crippen LogP contribution in [0, 0.1) is 12.7 Å². The van der Waals surface area contributed by atoms with E-state index in [2.05, 4.69) is 0 Å². The Morgan fingerprint density at radius 1 is 1.22 bits per heavy atom. The van der Waals surface area contributed by atoms with E-state index in [1.54, 1.807) is 23.9 Å². The number of aryl methyl sites for hydroxylation is 1. The summed E-state index contributed by atoms with van der Waals surface area (Å²) in [7, 11) is 0. The first kappa shape index (κ1) is 12.8. The van der Waals surface area contributed by atoms with Crippen molar-refractivity contribution in [2.24, 2.45) is 0 Å². The highest BCUT2D eigenvalue weighted by molar-refractivity contribution is 7.98. The molecule has 92 valence electrons. The van der Waals surface area contributed by atoms with Crippen molar-refractivity contribution in [2.45, 2.75) is 17.6 Å².